The molecule has 29 heavy (non-hydrogen) atoms. The molecule has 0 saturated carbocycles. The molecular formula is C21H18Cl2N2O4. The minimum Gasteiger partial charge on any atom is -0.451 e. The number of rotatable bonds is 6. The number of para-hydroxylation sites is 1. The number of carbonyl (C=O) groups excluding carboxylic acids is 2. The molecular weight excluding hydrogens is 415 g/mol. The van der Waals surface area contributed by atoms with Gasteiger partial charge in [0.1, 0.15) is 12.1 Å². The van der Waals surface area contributed by atoms with Crippen LogP contribution in [0.15, 0.2) is 57.7 Å². The Morgan fingerprint density at radius 1 is 1.10 bits per heavy atom. The van der Waals surface area contributed by atoms with Crippen molar-refractivity contribution in [3.63, 3.8) is 0 Å². The maximum atomic E-state index is 12.9. The highest BCUT2D eigenvalue weighted by Gasteiger charge is 2.22. The van der Waals surface area contributed by atoms with Crippen LogP contribution in [0.3, 0.4) is 0 Å². The Bertz CT molecular complexity index is 1130. The molecule has 0 spiro atoms. The predicted octanol–water partition coefficient (Wildman–Crippen LogP) is 4.59. The van der Waals surface area contributed by atoms with Crippen molar-refractivity contribution in [1.82, 2.24) is 4.90 Å². The van der Waals surface area contributed by atoms with Gasteiger partial charge in [-0.2, -0.15) is 0 Å². The number of carbonyl (C=O) groups is 2. The standard InChI is InChI=1S/C21H18Cl2N2O4/c1-2-9-25(12-20(27)24-16-10-13(22)7-8-15(16)23)21(28)19-11-17(26)14-5-3-4-6-18(14)29-19/h3-8,10-11H,2,9,12H2,1H3,(H,24,27). The van der Waals surface area contributed by atoms with E-state index in [1.54, 1.807) is 36.4 Å². The first-order valence-electron chi connectivity index (χ1n) is 8.96. The molecule has 0 radical (unpaired) electrons. The second-order valence-electron chi connectivity index (χ2n) is 6.37. The lowest BCUT2D eigenvalue weighted by Gasteiger charge is -2.21. The van der Waals surface area contributed by atoms with Gasteiger partial charge in [-0.3, -0.25) is 14.4 Å². The van der Waals surface area contributed by atoms with E-state index < -0.39 is 11.8 Å². The number of benzene rings is 2. The number of nitrogens with one attached hydrogen (secondary N) is 1. The molecule has 2 aromatic carbocycles. The maximum absolute atomic E-state index is 12.9. The van der Waals surface area contributed by atoms with Crippen molar-refractivity contribution >= 4 is 51.7 Å². The number of hydrogen-bond donors (Lipinski definition) is 1. The molecule has 0 aliphatic heterocycles. The Morgan fingerprint density at radius 3 is 2.62 bits per heavy atom. The minimum absolute atomic E-state index is 0.115. The molecule has 6 nitrogen and oxygen atoms in total. The first kappa shape index (κ1) is 20.9. The zero-order valence-electron chi connectivity index (χ0n) is 15.6. The Balaban J connectivity index is 1.82. The van der Waals surface area contributed by atoms with E-state index in [0.29, 0.717) is 39.7 Å². The summed E-state index contributed by atoms with van der Waals surface area (Å²) in [5, 5.41) is 3.78. The number of fused-ring (bicyclic) bond motifs is 1. The van der Waals surface area contributed by atoms with Crippen LogP contribution in [-0.2, 0) is 4.79 Å². The Hall–Kier alpha value is -2.83. The van der Waals surface area contributed by atoms with Crippen LogP contribution in [0.4, 0.5) is 5.69 Å². The van der Waals surface area contributed by atoms with Gasteiger partial charge in [-0.15, -0.1) is 0 Å². The molecule has 1 aromatic heterocycles. The zero-order chi connectivity index (χ0) is 21.0. The molecule has 0 unspecified atom stereocenters. The zero-order valence-corrected chi connectivity index (χ0v) is 17.1. The molecule has 3 rings (SSSR count). The van der Waals surface area contributed by atoms with E-state index in [4.69, 9.17) is 27.6 Å². The highest BCUT2D eigenvalue weighted by molar-refractivity contribution is 6.35. The van der Waals surface area contributed by atoms with Gasteiger partial charge >= 0.3 is 0 Å². The fourth-order valence-corrected chi connectivity index (χ4v) is 3.18. The molecule has 150 valence electrons. The summed E-state index contributed by atoms with van der Waals surface area (Å²) < 4.78 is 5.60. The average Bonchev–Trinajstić information content (AvgIpc) is 2.70. The molecule has 0 atom stereocenters. The van der Waals surface area contributed by atoms with Crippen LogP contribution < -0.4 is 10.7 Å². The lowest BCUT2D eigenvalue weighted by molar-refractivity contribution is -0.116. The lowest BCUT2D eigenvalue weighted by atomic mass is 10.2. The second-order valence-corrected chi connectivity index (χ2v) is 7.21. The number of nitrogens with zero attached hydrogens (tertiary/aromatic N) is 1. The smallest absolute Gasteiger partial charge is 0.290 e. The summed E-state index contributed by atoms with van der Waals surface area (Å²) >= 11 is 12.0. The average molecular weight is 433 g/mol. The van der Waals surface area contributed by atoms with Crippen LogP contribution in [0.25, 0.3) is 11.0 Å². The fourth-order valence-electron chi connectivity index (χ4n) is 2.84. The van der Waals surface area contributed by atoms with Crippen LogP contribution in [0, 0.1) is 0 Å². The molecule has 8 heteroatoms. The topological polar surface area (TPSA) is 79.6 Å². The third kappa shape index (κ3) is 4.96. The van der Waals surface area contributed by atoms with E-state index in [-0.39, 0.29) is 17.7 Å². The molecule has 0 aliphatic carbocycles. The highest BCUT2D eigenvalue weighted by Crippen LogP contribution is 2.25. The lowest BCUT2D eigenvalue weighted by Crippen LogP contribution is -2.38. The van der Waals surface area contributed by atoms with Crippen molar-refractivity contribution in [3.05, 3.63) is 74.6 Å². The number of halogens is 2. The molecule has 1 heterocycles. The SMILES string of the molecule is CCCN(CC(=O)Nc1cc(Cl)ccc1Cl)C(=O)c1cc(=O)c2ccccc2o1. The van der Waals surface area contributed by atoms with Crippen LogP contribution in [0.2, 0.25) is 10.0 Å². The number of anilines is 1. The fraction of sp³-hybridized carbons (Fsp3) is 0.190. The third-order valence-corrected chi connectivity index (χ3v) is 4.73. The Labute approximate surface area is 177 Å². The van der Waals surface area contributed by atoms with E-state index in [1.807, 2.05) is 6.92 Å². The Morgan fingerprint density at radius 2 is 1.86 bits per heavy atom. The van der Waals surface area contributed by atoms with Gasteiger partial charge in [0.2, 0.25) is 5.91 Å². The largest absolute Gasteiger partial charge is 0.451 e. The Kier molecular flexibility index (Phi) is 6.56. The number of amides is 2. The molecule has 0 fully saturated rings. The van der Waals surface area contributed by atoms with Gasteiger partial charge < -0.3 is 14.6 Å². The van der Waals surface area contributed by atoms with E-state index in [2.05, 4.69) is 5.32 Å². The summed E-state index contributed by atoms with van der Waals surface area (Å²) in [4.78, 5) is 39.0. The summed E-state index contributed by atoms with van der Waals surface area (Å²) in [6.07, 6.45) is 0.620. The molecule has 2 amide bonds. The van der Waals surface area contributed by atoms with Gasteiger partial charge in [0.25, 0.3) is 5.91 Å². The van der Waals surface area contributed by atoms with Crippen molar-refractivity contribution < 1.29 is 14.0 Å². The first-order chi connectivity index (χ1) is 13.9. The van der Waals surface area contributed by atoms with Gasteiger partial charge in [-0.25, -0.2) is 0 Å². The number of hydrogen-bond acceptors (Lipinski definition) is 4. The quantitative estimate of drug-likeness (QED) is 0.617. The molecule has 3 aromatic rings. The molecule has 0 aliphatic rings. The molecule has 0 saturated heterocycles. The van der Waals surface area contributed by atoms with Crippen LogP contribution in [0.5, 0.6) is 0 Å². The van der Waals surface area contributed by atoms with Crippen LogP contribution in [-0.4, -0.2) is 29.8 Å². The highest BCUT2D eigenvalue weighted by atomic mass is 35.5. The van der Waals surface area contributed by atoms with Gasteiger partial charge in [0, 0.05) is 17.6 Å². The van der Waals surface area contributed by atoms with E-state index in [9.17, 15) is 14.4 Å². The summed E-state index contributed by atoms with van der Waals surface area (Å²) in [7, 11) is 0. The normalized spacial score (nSPS) is 10.7. The van der Waals surface area contributed by atoms with E-state index >= 15 is 0 Å². The summed E-state index contributed by atoms with van der Waals surface area (Å²) in [6.45, 7) is 1.96. The first-order valence-corrected chi connectivity index (χ1v) is 9.71. The van der Waals surface area contributed by atoms with Crippen LogP contribution in [0.1, 0.15) is 23.9 Å². The van der Waals surface area contributed by atoms with Gasteiger partial charge in [0.15, 0.2) is 11.2 Å². The summed E-state index contributed by atoms with van der Waals surface area (Å²) in [5.74, 6) is -1.10. The van der Waals surface area contributed by atoms with Crippen molar-refractivity contribution in [2.45, 2.75) is 13.3 Å². The second kappa shape index (κ2) is 9.11. The van der Waals surface area contributed by atoms with Crippen molar-refractivity contribution in [2.24, 2.45) is 0 Å². The third-order valence-electron chi connectivity index (χ3n) is 4.16. The van der Waals surface area contributed by atoms with Crippen molar-refractivity contribution in [2.75, 3.05) is 18.4 Å². The summed E-state index contributed by atoms with van der Waals surface area (Å²) in [5.41, 5.74) is 0.349. The van der Waals surface area contributed by atoms with E-state index in [1.165, 1.54) is 11.0 Å². The van der Waals surface area contributed by atoms with Crippen LogP contribution >= 0.6 is 23.2 Å². The maximum Gasteiger partial charge on any atom is 0.290 e. The van der Waals surface area contributed by atoms with Crippen molar-refractivity contribution in [1.29, 1.82) is 0 Å². The molecule has 1 N–H and O–H groups in total. The monoisotopic (exact) mass is 432 g/mol. The molecule has 0 bridgehead atoms. The van der Waals surface area contributed by atoms with Gasteiger partial charge in [0.05, 0.1) is 16.1 Å². The predicted molar refractivity (Wildman–Crippen MR) is 114 cm³/mol. The van der Waals surface area contributed by atoms with Gasteiger partial charge in [-0.05, 0) is 36.8 Å². The minimum atomic E-state index is -0.540. The van der Waals surface area contributed by atoms with Gasteiger partial charge in [-0.1, -0.05) is 42.3 Å². The van der Waals surface area contributed by atoms with Crippen molar-refractivity contribution in [3.8, 4) is 0 Å². The van der Waals surface area contributed by atoms with E-state index in [0.717, 1.165) is 6.07 Å². The summed E-state index contributed by atoms with van der Waals surface area (Å²) in [6, 6.07) is 12.5.